The predicted molar refractivity (Wildman–Crippen MR) is 135 cm³/mol. The van der Waals surface area contributed by atoms with Crippen LogP contribution in [0, 0.1) is 12.4 Å². The van der Waals surface area contributed by atoms with Gasteiger partial charge in [0.1, 0.15) is 18.2 Å². The zero-order chi connectivity index (χ0) is 24.8. The van der Waals surface area contributed by atoms with Crippen LogP contribution in [0.5, 0.6) is 5.75 Å². The summed E-state index contributed by atoms with van der Waals surface area (Å²) in [5.74, 6) is 0.275. The van der Waals surface area contributed by atoms with Crippen molar-refractivity contribution < 1.29 is 19.3 Å². The van der Waals surface area contributed by atoms with Crippen molar-refractivity contribution in [3.63, 3.8) is 0 Å². The third-order valence-corrected chi connectivity index (χ3v) is 6.58. The van der Waals surface area contributed by atoms with Gasteiger partial charge in [-0.1, -0.05) is 48.0 Å². The van der Waals surface area contributed by atoms with Gasteiger partial charge in [0, 0.05) is 25.7 Å². The molecule has 182 valence electrons. The van der Waals surface area contributed by atoms with Crippen molar-refractivity contribution in [1.82, 2.24) is 4.90 Å². The smallest absolute Gasteiger partial charge is 0.187 e. The van der Waals surface area contributed by atoms with Gasteiger partial charge < -0.3 is 19.8 Å². The topological polar surface area (TPSA) is 60.5 Å². The lowest BCUT2D eigenvalue weighted by Gasteiger charge is -2.46. The highest BCUT2D eigenvalue weighted by Crippen LogP contribution is 2.39. The van der Waals surface area contributed by atoms with Crippen LogP contribution in [0.15, 0.2) is 66.7 Å². The van der Waals surface area contributed by atoms with Gasteiger partial charge in [0.05, 0.1) is 42.6 Å². The molecule has 0 aromatic heterocycles. The quantitative estimate of drug-likeness (QED) is 0.431. The lowest BCUT2D eigenvalue weighted by atomic mass is 9.98. The summed E-state index contributed by atoms with van der Waals surface area (Å²) in [5, 5.41) is 19.8. The SMILES string of the molecule is [C-]#[N+]c1ccc([C@@H](CO)N2CCN(c3ccc(OCCO)cc3Cl)[C@H](c3ccc(F)cc3)C2)cc1. The minimum absolute atomic E-state index is 0.0643. The highest BCUT2D eigenvalue weighted by Gasteiger charge is 2.33. The summed E-state index contributed by atoms with van der Waals surface area (Å²) in [4.78, 5) is 7.85. The highest BCUT2D eigenvalue weighted by molar-refractivity contribution is 6.33. The van der Waals surface area contributed by atoms with E-state index in [1.165, 1.54) is 12.1 Å². The second kappa shape index (κ2) is 11.5. The standard InChI is InChI=1S/C27H27ClFN3O3/c1-30-22-8-4-20(5-9-22)27(18-34)31-12-13-32(26(17-31)19-2-6-21(29)7-3-19)25-11-10-23(16-24(25)28)35-15-14-33/h2-11,16,26-27,33-34H,12-15,17-18H2/t26-,27+/m0/s1. The van der Waals surface area contributed by atoms with E-state index in [-0.39, 0.29) is 37.7 Å². The number of hydrogen-bond donors (Lipinski definition) is 2. The first-order valence-electron chi connectivity index (χ1n) is 11.4. The number of anilines is 1. The van der Waals surface area contributed by atoms with Crippen LogP contribution >= 0.6 is 11.6 Å². The van der Waals surface area contributed by atoms with Crippen molar-refractivity contribution >= 4 is 23.0 Å². The van der Waals surface area contributed by atoms with Crippen molar-refractivity contribution in [1.29, 1.82) is 0 Å². The number of halogens is 2. The molecule has 3 aromatic carbocycles. The van der Waals surface area contributed by atoms with E-state index in [4.69, 9.17) is 28.0 Å². The van der Waals surface area contributed by atoms with Crippen LogP contribution in [-0.4, -0.2) is 54.6 Å². The fourth-order valence-electron chi connectivity index (χ4n) is 4.52. The fourth-order valence-corrected chi connectivity index (χ4v) is 4.80. The van der Waals surface area contributed by atoms with Crippen molar-refractivity contribution in [3.8, 4) is 5.75 Å². The third kappa shape index (κ3) is 5.75. The first kappa shape index (κ1) is 25.0. The number of hydrogen-bond acceptors (Lipinski definition) is 5. The van der Waals surface area contributed by atoms with Gasteiger partial charge >= 0.3 is 0 Å². The number of benzene rings is 3. The summed E-state index contributed by atoms with van der Waals surface area (Å²) >= 11 is 6.65. The molecular formula is C27H27ClFN3O3. The molecule has 0 aliphatic carbocycles. The van der Waals surface area contributed by atoms with Gasteiger partial charge in [-0.15, -0.1) is 0 Å². The molecule has 35 heavy (non-hydrogen) atoms. The molecule has 0 bridgehead atoms. The van der Waals surface area contributed by atoms with E-state index >= 15 is 0 Å². The zero-order valence-electron chi connectivity index (χ0n) is 19.1. The number of ether oxygens (including phenoxy) is 1. The Kier molecular flexibility index (Phi) is 8.21. The average Bonchev–Trinajstić information content (AvgIpc) is 2.89. The average molecular weight is 496 g/mol. The summed E-state index contributed by atoms with van der Waals surface area (Å²) in [7, 11) is 0. The molecule has 1 heterocycles. The third-order valence-electron chi connectivity index (χ3n) is 6.28. The zero-order valence-corrected chi connectivity index (χ0v) is 19.9. The molecule has 0 amide bonds. The number of aliphatic hydroxyl groups is 2. The van der Waals surface area contributed by atoms with Crippen LogP contribution in [0.3, 0.4) is 0 Å². The van der Waals surface area contributed by atoms with Crippen molar-refractivity contribution in [2.24, 2.45) is 0 Å². The van der Waals surface area contributed by atoms with Crippen molar-refractivity contribution in [3.05, 3.63) is 100 Å². The van der Waals surface area contributed by atoms with Crippen molar-refractivity contribution in [2.45, 2.75) is 12.1 Å². The van der Waals surface area contributed by atoms with Crippen LogP contribution < -0.4 is 9.64 Å². The molecule has 0 radical (unpaired) electrons. The number of aliphatic hydroxyl groups excluding tert-OH is 2. The molecule has 0 saturated carbocycles. The first-order valence-corrected chi connectivity index (χ1v) is 11.8. The molecule has 1 aliphatic heterocycles. The summed E-state index contributed by atoms with van der Waals surface area (Å²) < 4.78 is 19.2. The Bertz CT molecular complexity index is 1170. The molecule has 4 rings (SSSR count). The van der Waals surface area contributed by atoms with E-state index in [1.54, 1.807) is 30.3 Å². The Morgan fingerprint density at radius 2 is 1.80 bits per heavy atom. The van der Waals surface area contributed by atoms with Gasteiger partial charge in [0.2, 0.25) is 0 Å². The Balaban J connectivity index is 1.64. The van der Waals surface area contributed by atoms with Crippen LogP contribution in [-0.2, 0) is 0 Å². The first-order chi connectivity index (χ1) is 17.0. The van der Waals surface area contributed by atoms with Crippen LogP contribution in [0.4, 0.5) is 15.8 Å². The molecule has 3 aromatic rings. The van der Waals surface area contributed by atoms with Gasteiger partial charge in [-0.25, -0.2) is 9.24 Å². The summed E-state index contributed by atoms with van der Waals surface area (Å²) in [5.41, 5.74) is 3.27. The molecule has 0 spiro atoms. The Morgan fingerprint density at radius 3 is 2.43 bits per heavy atom. The lowest BCUT2D eigenvalue weighted by molar-refractivity contribution is 0.103. The maximum atomic E-state index is 13.7. The van der Waals surface area contributed by atoms with E-state index in [9.17, 15) is 9.50 Å². The van der Waals surface area contributed by atoms with E-state index in [1.807, 2.05) is 24.3 Å². The van der Waals surface area contributed by atoms with Gasteiger partial charge in [0.15, 0.2) is 5.69 Å². The predicted octanol–water partition coefficient (Wildman–Crippen LogP) is 5.00. The summed E-state index contributed by atoms with van der Waals surface area (Å²) in [6.07, 6.45) is 0. The minimum atomic E-state index is -0.301. The van der Waals surface area contributed by atoms with Crippen LogP contribution in [0.1, 0.15) is 23.2 Å². The van der Waals surface area contributed by atoms with Gasteiger partial charge in [0.25, 0.3) is 0 Å². The molecule has 1 saturated heterocycles. The molecule has 6 nitrogen and oxygen atoms in total. The second-order valence-electron chi connectivity index (χ2n) is 8.34. The van der Waals surface area contributed by atoms with Gasteiger partial charge in [-0.2, -0.15) is 0 Å². The number of rotatable bonds is 8. The normalized spacial score (nSPS) is 17.1. The number of piperazine rings is 1. The molecule has 8 heteroatoms. The molecule has 2 N–H and O–H groups in total. The monoisotopic (exact) mass is 495 g/mol. The molecule has 0 unspecified atom stereocenters. The highest BCUT2D eigenvalue weighted by atomic mass is 35.5. The number of nitrogens with zero attached hydrogens (tertiary/aromatic N) is 3. The van der Waals surface area contributed by atoms with Crippen molar-refractivity contribution in [2.75, 3.05) is 44.4 Å². The van der Waals surface area contributed by atoms with Crippen LogP contribution in [0.25, 0.3) is 4.85 Å². The maximum Gasteiger partial charge on any atom is 0.187 e. The fraction of sp³-hybridized carbons (Fsp3) is 0.296. The van der Waals surface area contributed by atoms with Crippen LogP contribution in [0.2, 0.25) is 5.02 Å². The lowest BCUT2D eigenvalue weighted by Crippen LogP contribution is -2.50. The van der Waals surface area contributed by atoms with E-state index in [0.29, 0.717) is 36.1 Å². The molecule has 2 atom stereocenters. The summed E-state index contributed by atoms with van der Waals surface area (Å²) in [6.45, 7) is 9.10. The molecule has 1 aliphatic rings. The van der Waals surface area contributed by atoms with E-state index in [0.717, 1.165) is 16.8 Å². The van der Waals surface area contributed by atoms with E-state index < -0.39 is 0 Å². The summed E-state index contributed by atoms with van der Waals surface area (Å²) in [6, 6.07) is 18.8. The largest absolute Gasteiger partial charge is 0.491 e. The van der Waals surface area contributed by atoms with E-state index in [2.05, 4.69) is 14.6 Å². The maximum absolute atomic E-state index is 13.7. The van der Waals surface area contributed by atoms with Gasteiger partial charge in [-0.3, -0.25) is 4.90 Å². The molecule has 1 fully saturated rings. The second-order valence-corrected chi connectivity index (χ2v) is 8.75. The Labute approximate surface area is 209 Å². The molecular weight excluding hydrogens is 469 g/mol. The Hall–Kier alpha value is -3.15. The van der Waals surface area contributed by atoms with Gasteiger partial charge in [-0.05, 0) is 35.4 Å². The Morgan fingerprint density at radius 1 is 1.06 bits per heavy atom. The minimum Gasteiger partial charge on any atom is -0.491 e.